The number of pyridine rings is 2. The molecule has 2 N–H and O–H groups in total. The zero-order valence-electron chi connectivity index (χ0n) is 25.3. The first-order valence-electron chi connectivity index (χ1n) is 13.8. The van der Waals surface area contributed by atoms with Gasteiger partial charge in [0.2, 0.25) is 0 Å². The highest BCUT2D eigenvalue weighted by molar-refractivity contribution is 7.92. The number of rotatable bonds is 7. The van der Waals surface area contributed by atoms with E-state index in [0.29, 0.717) is 51.5 Å². The molecule has 0 bridgehead atoms. The van der Waals surface area contributed by atoms with Crippen LogP contribution in [0.25, 0.3) is 11.3 Å². The van der Waals surface area contributed by atoms with Crippen molar-refractivity contribution in [3.8, 4) is 23.1 Å². The van der Waals surface area contributed by atoms with E-state index in [1.54, 1.807) is 52.9 Å². The van der Waals surface area contributed by atoms with Gasteiger partial charge in [0.25, 0.3) is 10.0 Å². The van der Waals surface area contributed by atoms with Crippen molar-refractivity contribution >= 4 is 21.8 Å². The summed E-state index contributed by atoms with van der Waals surface area (Å²) < 4.78 is 48.0. The summed E-state index contributed by atoms with van der Waals surface area (Å²) in [5.41, 5.74) is 4.20. The number of carbonyl (C=O) groups is 1. The largest absolute Gasteiger partial charge is 0.444 e. The minimum Gasteiger partial charge on any atom is -0.444 e. The molecule has 0 atom stereocenters. The molecule has 3 heterocycles. The first-order chi connectivity index (χ1) is 20.8. The molecule has 0 spiro atoms. The van der Waals surface area contributed by atoms with Gasteiger partial charge in [0.05, 0.1) is 40.6 Å². The lowest BCUT2D eigenvalue weighted by Gasteiger charge is -2.19. The predicted molar refractivity (Wildman–Crippen MR) is 165 cm³/mol. The Kier molecular flexibility index (Phi) is 9.59. The standard InChI is InChI=1S/C32H33FN6O4S/c1-7-27-25(30(38-19-37-27)23-10-11-24(35-17-23)18-36-31(40)43-32(4,5)6)12-9-22-15-28(21(3)34-16-22)39-44(41,42)29-13-8-20(2)14-26(29)33/h8,10-11,13-17,19,39H,7,18H2,1-6H3,(H,36,40). The maximum absolute atomic E-state index is 14.4. The maximum atomic E-state index is 14.4. The number of hydrogen-bond donors (Lipinski definition) is 2. The van der Waals surface area contributed by atoms with Crippen LogP contribution in [0, 0.1) is 31.5 Å². The fraction of sp³-hybridized carbons (Fsp3) is 0.281. The van der Waals surface area contributed by atoms with Gasteiger partial charge in [0.15, 0.2) is 0 Å². The minimum absolute atomic E-state index is 0.178. The van der Waals surface area contributed by atoms with E-state index in [0.717, 1.165) is 6.07 Å². The van der Waals surface area contributed by atoms with Crippen molar-refractivity contribution in [3.05, 3.63) is 94.7 Å². The molecule has 44 heavy (non-hydrogen) atoms. The number of nitrogens with one attached hydrogen (secondary N) is 2. The van der Waals surface area contributed by atoms with E-state index >= 15 is 0 Å². The van der Waals surface area contributed by atoms with Crippen molar-refractivity contribution in [3.63, 3.8) is 0 Å². The van der Waals surface area contributed by atoms with Crippen LogP contribution >= 0.6 is 0 Å². The van der Waals surface area contributed by atoms with E-state index in [-0.39, 0.29) is 12.2 Å². The van der Waals surface area contributed by atoms with Gasteiger partial charge in [-0.3, -0.25) is 14.7 Å². The number of aryl methyl sites for hydroxylation is 3. The maximum Gasteiger partial charge on any atom is 0.407 e. The van der Waals surface area contributed by atoms with E-state index < -0.39 is 32.4 Å². The average molecular weight is 617 g/mol. The fourth-order valence-corrected chi connectivity index (χ4v) is 5.22. The zero-order chi connectivity index (χ0) is 32.1. The summed E-state index contributed by atoms with van der Waals surface area (Å²) in [5.74, 6) is 5.32. The number of benzene rings is 1. The Balaban J connectivity index is 1.60. The molecule has 4 aromatic rings. The van der Waals surface area contributed by atoms with Crippen molar-refractivity contribution < 1.29 is 22.3 Å². The normalized spacial score (nSPS) is 11.3. The van der Waals surface area contributed by atoms with Gasteiger partial charge in [-0.1, -0.05) is 24.8 Å². The van der Waals surface area contributed by atoms with E-state index in [4.69, 9.17) is 4.74 Å². The number of alkyl carbamates (subject to hydrolysis) is 1. The molecule has 0 aliphatic rings. The summed E-state index contributed by atoms with van der Waals surface area (Å²) in [4.78, 5) is 29.1. The number of anilines is 1. The smallest absolute Gasteiger partial charge is 0.407 e. The quantitative estimate of drug-likeness (QED) is 0.261. The molecule has 0 radical (unpaired) electrons. The number of nitrogens with zero attached hydrogens (tertiary/aromatic N) is 4. The number of amides is 1. The molecule has 0 aliphatic heterocycles. The van der Waals surface area contributed by atoms with Gasteiger partial charge in [-0.05, 0) is 76.9 Å². The third-order valence-electron chi connectivity index (χ3n) is 6.21. The molecule has 228 valence electrons. The Labute approximate surface area is 256 Å². The molecule has 12 heteroatoms. The third kappa shape index (κ3) is 8.14. The summed E-state index contributed by atoms with van der Waals surface area (Å²) >= 11 is 0. The summed E-state index contributed by atoms with van der Waals surface area (Å²) in [5, 5.41) is 2.68. The summed E-state index contributed by atoms with van der Waals surface area (Å²) in [7, 11) is -4.21. The molecule has 0 saturated carbocycles. The van der Waals surface area contributed by atoms with Crippen molar-refractivity contribution in [2.75, 3.05) is 4.72 Å². The lowest BCUT2D eigenvalue weighted by Crippen LogP contribution is -2.32. The van der Waals surface area contributed by atoms with Crippen LogP contribution in [0.3, 0.4) is 0 Å². The molecule has 0 saturated heterocycles. The van der Waals surface area contributed by atoms with Gasteiger partial charge in [-0.25, -0.2) is 27.6 Å². The molecule has 10 nitrogen and oxygen atoms in total. The fourth-order valence-electron chi connectivity index (χ4n) is 4.05. The minimum atomic E-state index is -4.21. The number of halogens is 1. The SMILES string of the molecule is CCc1ncnc(-c2ccc(CNC(=O)OC(C)(C)C)nc2)c1C#Cc1cnc(C)c(NS(=O)(=O)c2ccc(C)cc2F)c1. The van der Waals surface area contributed by atoms with Crippen LogP contribution in [0.2, 0.25) is 0 Å². The molecule has 1 amide bonds. The van der Waals surface area contributed by atoms with Crippen LogP contribution in [0.4, 0.5) is 14.9 Å². The highest BCUT2D eigenvalue weighted by atomic mass is 32.2. The topological polar surface area (TPSA) is 136 Å². The zero-order valence-corrected chi connectivity index (χ0v) is 26.1. The van der Waals surface area contributed by atoms with E-state index in [2.05, 4.69) is 41.8 Å². The first-order valence-corrected chi connectivity index (χ1v) is 15.3. The lowest BCUT2D eigenvalue weighted by atomic mass is 10.0. The van der Waals surface area contributed by atoms with Gasteiger partial charge in [0.1, 0.15) is 22.6 Å². The van der Waals surface area contributed by atoms with Crippen LogP contribution in [0.1, 0.15) is 61.5 Å². The van der Waals surface area contributed by atoms with Crippen LogP contribution in [0.15, 0.2) is 60.0 Å². The van der Waals surface area contributed by atoms with Crippen molar-refractivity contribution in [1.29, 1.82) is 0 Å². The molecular formula is C32H33FN6O4S. The second-order valence-electron chi connectivity index (χ2n) is 10.9. The molecule has 4 rings (SSSR count). The Morgan fingerprint density at radius 3 is 2.43 bits per heavy atom. The second kappa shape index (κ2) is 13.2. The van der Waals surface area contributed by atoms with Gasteiger partial charge in [-0.15, -0.1) is 0 Å². The van der Waals surface area contributed by atoms with Gasteiger partial charge in [0, 0.05) is 23.5 Å². The number of sulfonamides is 1. The van der Waals surface area contributed by atoms with E-state index in [1.807, 2.05) is 13.0 Å². The van der Waals surface area contributed by atoms with Crippen molar-refractivity contribution in [1.82, 2.24) is 25.3 Å². The summed E-state index contributed by atoms with van der Waals surface area (Å²) in [6.45, 7) is 10.8. The molecule has 3 aromatic heterocycles. The molecule has 0 fully saturated rings. The van der Waals surface area contributed by atoms with Crippen LogP contribution < -0.4 is 10.0 Å². The Bertz CT molecular complexity index is 1860. The summed E-state index contributed by atoms with van der Waals surface area (Å²) in [6, 6.07) is 9.06. The lowest BCUT2D eigenvalue weighted by molar-refractivity contribution is 0.0523. The Hall–Kier alpha value is -4.89. The number of hydrogen-bond acceptors (Lipinski definition) is 8. The number of aromatic nitrogens is 4. The van der Waals surface area contributed by atoms with E-state index in [9.17, 15) is 17.6 Å². The van der Waals surface area contributed by atoms with Crippen LogP contribution in [0.5, 0.6) is 0 Å². The van der Waals surface area contributed by atoms with Crippen molar-refractivity contribution in [2.24, 2.45) is 0 Å². The third-order valence-corrected chi connectivity index (χ3v) is 7.61. The predicted octanol–water partition coefficient (Wildman–Crippen LogP) is 5.48. The summed E-state index contributed by atoms with van der Waals surface area (Å²) in [6.07, 6.45) is 4.68. The van der Waals surface area contributed by atoms with Crippen molar-refractivity contribution in [2.45, 2.75) is 65.0 Å². The van der Waals surface area contributed by atoms with Gasteiger partial charge in [-0.2, -0.15) is 0 Å². The first kappa shape index (κ1) is 32.0. The number of ether oxygens (including phenoxy) is 1. The molecular weight excluding hydrogens is 583 g/mol. The number of carbonyl (C=O) groups excluding carboxylic acids is 1. The average Bonchev–Trinajstić information content (AvgIpc) is 2.95. The molecule has 0 aliphatic carbocycles. The highest BCUT2D eigenvalue weighted by Crippen LogP contribution is 2.24. The van der Waals surface area contributed by atoms with Gasteiger partial charge < -0.3 is 10.1 Å². The Morgan fingerprint density at radius 1 is 1.00 bits per heavy atom. The molecule has 0 unspecified atom stereocenters. The molecule has 1 aromatic carbocycles. The monoisotopic (exact) mass is 616 g/mol. The van der Waals surface area contributed by atoms with E-state index in [1.165, 1.54) is 24.7 Å². The van der Waals surface area contributed by atoms with Gasteiger partial charge >= 0.3 is 6.09 Å². The van der Waals surface area contributed by atoms with Crippen LogP contribution in [-0.4, -0.2) is 40.0 Å². The van der Waals surface area contributed by atoms with Crippen LogP contribution in [-0.2, 0) is 27.7 Å². The highest BCUT2D eigenvalue weighted by Gasteiger charge is 2.21. The Morgan fingerprint density at radius 2 is 1.77 bits per heavy atom. The second-order valence-corrected chi connectivity index (χ2v) is 12.6.